The number of carbonyl (C=O) groups is 2. The average Bonchev–Trinajstić information content (AvgIpc) is 2.96. The number of amides is 1. The van der Waals surface area contributed by atoms with Crippen molar-refractivity contribution in [2.24, 2.45) is 4.99 Å². The molecule has 3 N–H and O–H groups in total. The van der Waals surface area contributed by atoms with Gasteiger partial charge < -0.3 is 20.3 Å². The Morgan fingerprint density at radius 3 is 2.62 bits per heavy atom. The first-order valence-electron chi connectivity index (χ1n) is 7.46. The number of hydrogen-bond donors (Lipinski definition) is 3. The Morgan fingerprint density at radius 1 is 1.23 bits per heavy atom. The zero-order valence-electron chi connectivity index (χ0n) is 13.6. The summed E-state index contributed by atoms with van der Waals surface area (Å²) in [5, 5.41) is 21.6. The van der Waals surface area contributed by atoms with Crippen LogP contribution in [0.4, 0.5) is 5.69 Å². The predicted molar refractivity (Wildman–Crippen MR) is 98.9 cm³/mol. The first-order chi connectivity index (χ1) is 12.5. The molecular weight excluding hydrogens is 356 g/mol. The number of nitrogens with one attached hydrogen (secondary N) is 1. The monoisotopic (exact) mass is 370 g/mol. The van der Waals surface area contributed by atoms with E-state index in [-0.39, 0.29) is 17.2 Å². The van der Waals surface area contributed by atoms with Gasteiger partial charge in [-0.1, -0.05) is 6.07 Å². The molecule has 1 saturated heterocycles. The van der Waals surface area contributed by atoms with Gasteiger partial charge in [-0.25, -0.2) is 9.79 Å². The summed E-state index contributed by atoms with van der Waals surface area (Å²) in [5.41, 5.74) is 1.40. The van der Waals surface area contributed by atoms with E-state index >= 15 is 0 Å². The number of carbonyl (C=O) groups excluding carboxylic acids is 1. The van der Waals surface area contributed by atoms with Crippen molar-refractivity contribution in [3.05, 3.63) is 58.5 Å². The molecule has 1 amide bonds. The number of methoxy groups -OCH3 is 1. The van der Waals surface area contributed by atoms with Crippen molar-refractivity contribution in [1.82, 2.24) is 5.32 Å². The summed E-state index contributed by atoms with van der Waals surface area (Å²) >= 11 is 1.17. The van der Waals surface area contributed by atoms with Crippen LogP contribution in [0.15, 0.2) is 52.4 Å². The van der Waals surface area contributed by atoms with Crippen molar-refractivity contribution in [3.8, 4) is 11.5 Å². The standard InChI is InChI=1S/C18H14N2O5S/c1-25-14-8-10(2-7-13(14)21)9-15-16(22)20-18(26-15)19-12-5-3-11(4-6-12)17(23)24/h2-9,21H,1H3,(H,23,24)(H,19,20,22)/b15-9+. The van der Waals surface area contributed by atoms with Crippen LogP contribution >= 0.6 is 11.8 Å². The van der Waals surface area contributed by atoms with Crippen LogP contribution in [0.2, 0.25) is 0 Å². The van der Waals surface area contributed by atoms with E-state index < -0.39 is 5.97 Å². The molecule has 0 aliphatic carbocycles. The largest absolute Gasteiger partial charge is 0.504 e. The Hall–Kier alpha value is -3.26. The molecule has 0 aromatic heterocycles. The average molecular weight is 370 g/mol. The molecule has 8 heteroatoms. The van der Waals surface area contributed by atoms with E-state index in [2.05, 4.69) is 10.3 Å². The minimum absolute atomic E-state index is 0.0187. The lowest BCUT2D eigenvalue weighted by Crippen LogP contribution is -2.19. The van der Waals surface area contributed by atoms with Crippen molar-refractivity contribution >= 4 is 40.6 Å². The Bertz CT molecular complexity index is 935. The van der Waals surface area contributed by atoms with Gasteiger partial charge in [-0.3, -0.25) is 4.79 Å². The minimum Gasteiger partial charge on any atom is -0.504 e. The molecule has 1 aliphatic rings. The molecule has 0 atom stereocenters. The van der Waals surface area contributed by atoms with Crippen molar-refractivity contribution in [1.29, 1.82) is 0 Å². The Kier molecular flexibility index (Phi) is 4.94. The molecule has 1 heterocycles. The minimum atomic E-state index is -1.01. The highest BCUT2D eigenvalue weighted by Gasteiger charge is 2.24. The van der Waals surface area contributed by atoms with E-state index in [9.17, 15) is 14.7 Å². The summed E-state index contributed by atoms with van der Waals surface area (Å²) in [5.74, 6) is -0.967. The lowest BCUT2D eigenvalue weighted by atomic mass is 10.2. The van der Waals surface area contributed by atoms with Gasteiger partial charge in [0.1, 0.15) is 0 Å². The van der Waals surface area contributed by atoms with Crippen molar-refractivity contribution in [2.75, 3.05) is 7.11 Å². The number of nitrogens with zero attached hydrogens (tertiary/aromatic N) is 1. The van der Waals surface area contributed by atoms with Crippen LogP contribution in [0.1, 0.15) is 15.9 Å². The second-order valence-corrected chi connectivity index (χ2v) is 6.30. The summed E-state index contributed by atoms with van der Waals surface area (Å²) in [6.07, 6.45) is 1.66. The fraction of sp³-hybridized carbons (Fsp3) is 0.0556. The van der Waals surface area contributed by atoms with Gasteiger partial charge in [-0.05, 0) is 59.8 Å². The highest BCUT2D eigenvalue weighted by atomic mass is 32.2. The number of carboxylic acid groups (broad SMARTS) is 1. The maximum absolute atomic E-state index is 12.1. The maximum Gasteiger partial charge on any atom is 0.335 e. The zero-order chi connectivity index (χ0) is 18.7. The Labute approximate surface area is 153 Å². The van der Waals surface area contributed by atoms with Crippen molar-refractivity contribution < 1.29 is 24.5 Å². The van der Waals surface area contributed by atoms with Gasteiger partial charge in [0.2, 0.25) is 0 Å². The smallest absolute Gasteiger partial charge is 0.335 e. The first-order valence-corrected chi connectivity index (χ1v) is 8.28. The second kappa shape index (κ2) is 7.32. The molecule has 3 rings (SSSR count). The van der Waals surface area contributed by atoms with E-state index in [0.717, 1.165) is 0 Å². The summed E-state index contributed by atoms with van der Waals surface area (Å²) in [4.78, 5) is 27.7. The summed E-state index contributed by atoms with van der Waals surface area (Å²) < 4.78 is 5.05. The number of amidine groups is 1. The molecule has 0 radical (unpaired) electrons. The van der Waals surface area contributed by atoms with E-state index in [1.807, 2.05) is 0 Å². The van der Waals surface area contributed by atoms with Gasteiger partial charge in [0, 0.05) is 0 Å². The third-order valence-electron chi connectivity index (χ3n) is 3.50. The van der Waals surface area contributed by atoms with Gasteiger partial charge >= 0.3 is 5.97 Å². The number of aliphatic imine (C=N–C) groups is 1. The normalized spacial score (nSPS) is 16.7. The molecule has 0 saturated carbocycles. The van der Waals surface area contributed by atoms with Gasteiger partial charge in [0.15, 0.2) is 16.7 Å². The number of rotatable bonds is 4. The van der Waals surface area contributed by atoms with E-state index in [1.54, 1.807) is 30.3 Å². The van der Waals surface area contributed by atoms with Crippen LogP contribution in [-0.4, -0.2) is 34.4 Å². The number of hydrogen-bond acceptors (Lipinski definition) is 6. The number of phenols is 1. The predicted octanol–water partition coefficient (Wildman–Crippen LogP) is 2.99. The number of ether oxygens (including phenoxy) is 1. The SMILES string of the molecule is COc1cc(/C=C2/SC(=Nc3ccc(C(=O)O)cc3)NC2=O)ccc1O. The Balaban J connectivity index is 1.80. The van der Waals surface area contributed by atoms with Gasteiger partial charge in [0.25, 0.3) is 5.91 Å². The molecule has 1 fully saturated rings. The molecule has 0 bridgehead atoms. The molecule has 1 aliphatic heterocycles. The molecular formula is C18H14N2O5S. The van der Waals surface area contributed by atoms with Gasteiger partial charge in [-0.2, -0.15) is 0 Å². The van der Waals surface area contributed by atoms with Crippen molar-refractivity contribution in [2.45, 2.75) is 0 Å². The molecule has 26 heavy (non-hydrogen) atoms. The van der Waals surface area contributed by atoms with Crippen LogP contribution in [0.25, 0.3) is 6.08 Å². The highest BCUT2D eigenvalue weighted by Crippen LogP contribution is 2.31. The second-order valence-electron chi connectivity index (χ2n) is 5.27. The lowest BCUT2D eigenvalue weighted by molar-refractivity contribution is -0.115. The van der Waals surface area contributed by atoms with Crippen LogP contribution in [0.3, 0.4) is 0 Å². The highest BCUT2D eigenvalue weighted by molar-refractivity contribution is 8.18. The molecule has 0 spiro atoms. The number of phenolic OH excluding ortho intramolecular Hbond substituents is 1. The van der Waals surface area contributed by atoms with E-state index in [4.69, 9.17) is 9.84 Å². The third kappa shape index (κ3) is 3.86. The fourth-order valence-electron chi connectivity index (χ4n) is 2.21. The molecule has 0 unspecified atom stereocenters. The van der Waals surface area contributed by atoms with E-state index in [0.29, 0.717) is 27.1 Å². The molecule has 2 aromatic carbocycles. The Morgan fingerprint density at radius 2 is 1.96 bits per heavy atom. The maximum atomic E-state index is 12.1. The third-order valence-corrected chi connectivity index (χ3v) is 4.41. The molecule has 132 valence electrons. The number of aromatic hydroxyl groups is 1. The van der Waals surface area contributed by atoms with E-state index in [1.165, 1.54) is 37.1 Å². The summed E-state index contributed by atoms with van der Waals surface area (Å²) in [6, 6.07) is 10.8. The molecule has 2 aromatic rings. The summed E-state index contributed by atoms with van der Waals surface area (Å²) in [7, 11) is 1.45. The number of thioether (sulfide) groups is 1. The number of carboxylic acids is 1. The molecule has 7 nitrogen and oxygen atoms in total. The van der Waals surface area contributed by atoms with Crippen LogP contribution in [-0.2, 0) is 4.79 Å². The lowest BCUT2D eigenvalue weighted by Gasteiger charge is -2.03. The summed E-state index contributed by atoms with van der Waals surface area (Å²) in [6.45, 7) is 0. The van der Waals surface area contributed by atoms with Crippen LogP contribution in [0.5, 0.6) is 11.5 Å². The van der Waals surface area contributed by atoms with Crippen LogP contribution in [0, 0.1) is 0 Å². The zero-order valence-corrected chi connectivity index (χ0v) is 14.4. The fourth-order valence-corrected chi connectivity index (χ4v) is 3.05. The van der Waals surface area contributed by atoms with Gasteiger partial charge in [-0.15, -0.1) is 0 Å². The van der Waals surface area contributed by atoms with Gasteiger partial charge in [0.05, 0.1) is 23.3 Å². The quantitative estimate of drug-likeness (QED) is 0.714. The van der Waals surface area contributed by atoms with Crippen LogP contribution < -0.4 is 10.1 Å². The first kappa shape index (κ1) is 17.6. The number of benzene rings is 2. The van der Waals surface area contributed by atoms with Crippen molar-refractivity contribution in [3.63, 3.8) is 0 Å². The topological polar surface area (TPSA) is 108 Å². The number of aromatic carboxylic acids is 1.